The van der Waals surface area contributed by atoms with E-state index in [1.165, 1.54) is 0 Å². The first-order valence-electron chi connectivity index (χ1n) is 9.05. The molecule has 0 heterocycles. The lowest BCUT2D eigenvalue weighted by atomic mass is 9.94. The Morgan fingerprint density at radius 3 is 2.14 bits per heavy atom. The number of amidine groups is 1. The first kappa shape index (κ1) is 17.6. The highest BCUT2D eigenvalue weighted by molar-refractivity contribution is 6.06. The van der Waals surface area contributed by atoms with Crippen molar-refractivity contribution in [2.45, 2.75) is 6.61 Å². The predicted octanol–water partition coefficient (Wildman–Crippen LogP) is 4.95. The lowest BCUT2D eigenvalue weighted by Crippen LogP contribution is -2.12. The summed E-state index contributed by atoms with van der Waals surface area (Å²) in [5, 5.41) is 10.2. The van der Waals surface area contributed by atoms with Crippen LogP contribution in [0.25, 0.3) is 21.9 Å². The Balaban J connectivity index is 1.62. The monoisotopic (exact) mass is 367 g/mol. The van der Waals surface area contributed by atoms with E-state index in [0.29, 0.717) is 18.0 Å². The Hall–Kier alpha value is -3.79. The Morgan fingerprint density at radius 1 is 0.821 bits per heavy atom. The third-order valence-electron chi connectivity index (χ3n) is 4.75. The van der Waals surface area contributed by atoms with Crippen LogP contribution in [-0.4, -0.2) is 5.84 Å². The number of nitrogen functional groups attached to an aromatic ring is 2. The molecule has 0 aliphatic heterocycles. The minimum absolute atomic E-state index is 0.0627. The van der Waals surface area contributed by atoms with Crippen LogP contribution in [0, 0.1) is 5.41 Å². The molecule has 4 rings (SSSR count). The molecule has 5 N–H and O–H groups in total. The van der Waals surface area contributed by atoms with Crippen molar-refractivity contribution < 1.29 is 4.74 Å². The minimum Gasteiger partial charge on any atom is -0.487 e. The van der Waals surface area contributed by atoms with E-state index in [2.05, 4.69) is 12.1 Å². The number of anilines is 1. The first-order chi connectivity index (χ1) is 13.6. The van der Waals surface area contributed by atoms with Crippen LogP contribution >= 0.6 is 0 Å². The SMILES string of the molecule is N=C(N)c1cc2ccccc2cc1-c1ccc(COc2ccccc2N)cc1. The molecule has 0 spiro atoms. The highest BCUT2D eigenvalue weighted by Gasteiger charge is 2.10. The highest BCUT2D eigenvalue weighted by Crippen LogP contribution is 2.29. The summed E-state index contributed by atoms with van der Waals surface area (Å²) in [6.45, 7) is 0.436. The van der Waals surface area contributed by atoms with Gasteiger partial charge in [-0.15, -0.1) is 0 Å². The Kier molecular flexibility index (Phi) is 4.68. The molecule has 4 nitrogen and oxygen atoms in total. The van der Waals surface area contributed by atoms with Crippen LogP contribution in [-0.2, 0) is 6.61 Å². The van der Waals surface area contributed by atoms with E-state index in [9.17, 15) is 0 Å². The maximum Gasteiger partial charge on any atom is 0.142 e. The number of nitrogens with one attached hydrogen (secondary N) is 1. The molecule has 138 valence electrons. The molecule has 0 radical (unpaired) electrons. The summed E-state index contributed by atoms with van der Waals surface area (Å²) in [4.78, 5) is 0. The molecule has 0 fully saturated rings. The molecule has 0 bridgehead atoms. The Labute approximate surface area is 163 Å². The van der Waals surface area contributed by atoms with Gasteiger partial charge in [-0.2, -0.15) is 0 Å². The van der Waals surface area contributed by atoms with E-state index in [1.54, 1.807) is 0 Å². The maximum absolute atomic E-state index is 7.97. The van der Waals surface area contributed by atoms with Gasteiger partial charge in [0, 0.05) is 5.56 Å². The molecule has 0 aliphatic rings. The van der Waals surface area contributed by atoms with E-state index < -0.39 is 0 Å². The van der Waals surface area contributed by atoms with E-state index >= 15 is 0 Å². The van der Waals surface area contributed by atoms with Gasteiger partial charge in [0.2, 0.25) is 0 Å². The molecular formula is C24H21N3O. The summed E-state index contributed by atoms with van der Waals surface area (Å²) < 4.78 is 5.81. The summed E-state index contributed by atoms with van der Waals surface area (Å²) in [5.74, 6) is 0.743. The maximum atomic E-state index is 7.97. The second-order valence-corrected chi connectivity index (χ2v) is 6.68. The van der Waals surface area contributed by atoms with Crippen LogP contribution in [0.1, 0.15) is 11.1 Å². The van der Waals surface area contributed by atoms with Crippen LogP contribution in [0.4, 0.5) is 5.69 Å². The van der Waals surface area contributed by atoms with Crippen molar-refractivity contribution in [3.8, 4) is 16.9 Å². The molecule has 0 unspecified atom stereocenters. The van der Waals surface area contributed by atoms with Crippen LogP contribution < -0.4 is 16.2 Å². The highest BCUT2D eigenvalue weighted by atomic mass is 16.5. The molecular weight excluding hydrogens is 346 g/mol. The van der Waals surface area contributed by atoms with Gasteiger partial charge in [-0.3, -0.25) is 5.41 Å². The fourth-order valence-corrected chi connectivity index (χ4v) is 3.26. The van der Waals surface area contributed by atoms with Crippen molar-refractivity contribution in [2.75, 3.05) is 5.73 Å². The summed E-state index contributed by atoms with van der Waals surface area (Å²) in [6.07, 6.45) is 0. The number of fused-ring (bicyclic) bond motifs is 1. The Bertz CT molecular complexity index is 1150. The van der Waals surface area contributed by atoms with Gasteiger partial charge in [0.25, 0.3) is 0 Å². The zero-order chi connectivity index (χ0) is 19.5. The van der Waals surface area contributed by atoms with Gasteiger partial charge in [0.1, 0.15) is 18.2 Å². The fourth-order valence-electron chi connectivity index (χ4n) is 3.26. The van der Waals surface area contributed by atoms with Gasteiger partial charge in [-0.25, -0.2) is 0 Å². The fraction of sp³-hybridized carbons (Fsp3) is 0.0417. The third-order valence-corrected chi connectivity index (χ3v) is 4.75. The molecule has 0 amide bonds. The topological polar surface area (TPSA) is 85.1 Å². The minimum atomic E-state index is 0.0627. The van der Waals surface area contributed by atoms with Crippen molar-refractivity contribution in [1.29, 1.82) is 5.41 Å². The van der Waals surface area contributed by atoms with Gasteiger partial charge in [0.05, 0.1) is 5.69 Å². The van der Waals surface area contributed by atoms with Gasteiger partial charge in [-0.05, 0) is 51.7 Å². The molecule has 0 saturated heterocycles. The number of benzene rings is 4. The van der Waals surface area contributed by atoms with E-state index in [0.717, 1.165) is 33.0 Å². The summed E-state index contributed by atoms with van der Waals surface area (Å²) in [7, 11) is 0. The van der Waals surface area contributed by atoms with Crippen molar-refractivity contribution >= 4 is 22.3 Å². The van der Waals surface area contributed by atoms with E-state index in [1.807, 2.05) is 72.8 Å². The normalized spacial score (nSPS) is 10.7. The molecule has 0 saturated carbocycles. The second-order valence-electron chi connectivity index (χ2n) is 6.68. The molecule has 0 atom stereocenters. The Morgan fingerprint density at radius 2 is 1.46 bits per heavy atom. The lowest BCUT2D eigenvalue weighted by molar-refractivity contribution is 0.308. The molecule has 4 heteroatoms. The predicted molar refractivity (Wildman–Crippen MR) is 116 cm³/mol. The average Bonchev–Trinajstić information content (AvgIpc) is 2.72. The number of hydrogen-bond acceptors (Lipinski definition) is 3. The number of ether oxygens (including phenoxy) is 1. The van der Waals surface area contributed by atoms with Crippen molar-refractivity contribution in [1.82, 2.24) is 0 Å². The quantitative estimate of drug-likeness (QED) is 0.265. The van der Waals surface area contributed by atoms with Gasteiger partial charge >= 0.3 is 0 Å². The second kappa shape index (κ2) is 7.45. The number of rotatable bonds is 5. The summed E-state index contributed by atoms with van der Waals surface area (Å²) in [5.41, 5.74) is 16.1. The zero-order valence-corrected chi connectivity index (χ0v) is 15.4. The molecule has 4 aromatic rings. The average molecular weight is 367 g/mol. The smallest absolute Gasteiger partial charge is 0.142 e. The van der Waals surface area contributed by atoms with Crippen molar-refractivity contribution in [3.05, 3.63) is 96.1 Å². The largest absolute Gasteiger partial charge is 0.487 e. The van der Waals surface area contributed by atoms with Crippen LogP contribution in [0.5, 0.6) is 5.75 Å². The van der Waals surface area contributed by atoms with Gasteiger partial charge in [0.15, 0.2) is 0 Å². The molecule has 4 aromatic carbocycles. The summed E-state index contributed by atoms with van der Waals surface area (Å²) >= 11 is 0. The van der Waals surface area contributed by atoms with Crippen LogP contribution in [0.3, 0.4) is 0 Å². The van der Waals surface area contributed by atoms with Crippen LogP contribution in [0.2, 0.25) is 0 Å². The first-order valence-corrected chi connectivity index (χ1v) is 9.05. The van der Waals surface area contributed by atoms with E-state index in [-0.39, 0.29) is 5.84 Å². The zero-order valence-electron chi connectivity index (χ0n) is 15.4. The molecule has 0 aromatic heterocycles. The number of nitrogens with two attached hydrogens (primary N) is 2. The standard InChI is InChI=1S/C24H21N3O/c25-22-7-3-4-8-23(22)28-15-16-9-11-17(12-10-16)20-13-18-5-1-2-6-19(18)14-21(20)24(26)27/h1-14H,15,25H2,(H3,26,27). The van der Waals surface area contributed by atoms with Crippen molar-refractivity contribution in [2.24, 2.45) is 5.73 Å². The lowest BCUT2D eigenvalue weighted by Gasteiger charge is -2.12. The van der Waals surface area contributed by atoms with Gasteiger partial charge < -0.3 is 16.2 Å². The van der Waals surface area contributed by atoms with Crippen LogP contribution in [0.15, 0.2) is 84.9 Å². The number of hydrogen-bond donors (Lipinski definition) is 3. The third kappa shape index (κ3) is 3.53. The van der Waals surface area contributed by atoms with Crippen molar-refractivity contribution in [3.63, 3.8) is 0 Å². The molecule has 0 aliphatic carbocycles. The van der Waals surface area contributed by atoms with Gasteiger partial charge in [-0.1, -0.05) is 60.7 Å². The molecule has 28 heavy (non-hydrogen) atoms. The summed E-state index contributed by atoms with van der Waals surface area (Å²) in [6, 6.07) is 27.7. The number of para-hydroxylation sites is 2. The van der Waals surface area contributed by atoms with E-state index in [4.69, 9.17) is 21.6 Å².